The normalized spacial score (nSPS) is 11.8. The Kier molecular flexibility index (Phi) is 4.93. The summed E-state index contributed by atoms with van der Waals surface area (Å²) in [5.41, 5.74) is 1.19. The average Bonchev–Trinajstić information content (AvgIpc) is 2.05. The first-order valence-corrected chi connectivity index (χ1v) is 3.70. The Labute approximate surface area is 83.4 Å². The number of phenolic OH excluding ortho intramolecular Hbond substituents is 1. The van der Waals surface area contributed by atoms with Gasteiger partial charge in [0.15, 0.2) is 0 Å². The number of phenols is 1. The molecule has 0 fully saturated rings. The predicted molar refractivity (Wildman–Crippen MR) is 55.9 cm³/mol. The van der Waals surface area contributed by atoms with Crippen molar-refractivity contribution in [2.24, 2.45) is 0 Å². The van der Waals surface area contributed by atoms with Gasteiger partial charge in [0.2, 0.25) is 0 Å². The van der Waals surface area contributed by atoms with Gasteiger partial charge in [0.25, 0.3) is 0 Å². The zero-order valence-electron chi connectivity index (χ0n) is 7.24. The van der Waals surface area contributed by atoms with E-state index in [1.54, 1.807) is 12.1 Å². The molecule has 0 saturated heterocycles. The van der Waals surface area contributed by atoms with Crippen molar-refractivity contribution in [1.82, 2.24) is 5.32 Å². The molecule has 2 nitrogen and oxygen atoms in total. The van der Waals surface area contributed by atoms with E-state index in [1.165, 1.54) is 5.56 Å². The van der Waals surface area contributed by atoms with Gasteiger partial charge in [-0.1, -0.05) is 12.1 Å². The van der Waals surface area contributed by atoms with Crippen LogP contribution in [0.5, 0.6) is 5.75 Å². The summed E-state index contributed by atoms with van der Waals surface area (Å²) in [6, 6.07) is 7.56. The van der Waals surface area contributed by atoms with Crippen molar-refractivity contribution in [3.05, 3.63) is 29.8 Å². The van der Waals surface area contributed by atoms with E-state index in [9.17, 15) is 0 Å². The summed E-state index contributed by atoms with van der Waals surface area (Å²) >= 11 is 0. The Bertz CT molecular complexity index is 222. The molecule has 0 aromatic heterocycles. The number of hydrogen-bond donors (Lipinski definition) is 2. The zero-order valence-corrected chi connectivity index (χ0v) is 8.96. The topological polar surface area (TPSA) is 32.3 Å². The number of aromatic hydroxyl groups is 1. The molecule has 1 unspecified atom stereocenters. The molecule has 0 aliphatic heterocycles. The molecule has 68 valence electrons. The highest BCUT2D eigenvalue weighted by Gasteiger charge is 2.00. The van der Waals surface area contributed by atoms with Crippen LogP contribution in [0.15, 0.2) is 24.3 Å². The van der Waals surface area contributed by atoms with E-state index < -0.39 is 0 Å². The highest BCUT2D eigenvalue weighted by Crippen LogP contribution is 2.15. The second-order valence-electron chi connectivity index (χ2n) is 2.60. The zero-order chi connectivity index (χ0) is 8.27. The highest BCUT2D eigenvalue weighted by molar-refractivity contribution is 8.93. The largest absolute Gasteiger partial charge is 0.508 e. The molecule has 1 atom stereocenters. The van der Waals surface area contributed by atoms with Crippen LogP contribution in [-0.4, -0.2) is 12.2 Å². The van der Waals surface area contributed by atoms with Gasteiger partial charge in [0.1, 0.15) is 5.75 Å². The van der Waals surface area contributed by atoms with Gasteiger partial charge in [-0.15, -0.1) is 17.0 Å². The molecule has 2 N–H and O–H groups in total. The lowest BCUT2D eigenvalue weighted by Gasteiger charge is -2.09. The minimum atomic E-state index is 0. The number of hydrogen-bond acceptors (Lipinski definition) is 2. The van der Waals surface area contributed by atoms with Gasteiger partial charge in [-0.05, 0) is 31.7 Å². The summed E-state index contributed by atoms with van der Waals surface area (Å²) in [7, 11) is 1.91. The standard InChI is InChI=1S/C9H13NO.BrH/c1-7(10-2)8-3-5-9(11)6-4-8;/h3-7,10-11H,1-2H3;1H. The molecule has 1 aromatic carbocycles. The third-order valence-electron chi connectivity index (χ3n) is 1.83. The minimum Gasteiger partial charge on any atom is -0.508 e. The monoisotopic (exact) mass is 231 g/mol. The van der Waals surface area contributed by atoms with Crippen molar-refractivity contribution in [1.29, 1.82) is 0 Å². The van der Waals surface area contributed by atoms with E-state index in [1.807, 2.05) is 19.2 Å². The quantitative estimate of drug-likeness (QED) is 0.819. The molecular weight excluding hydrogens is 218 g/mol. The van der Waals surface area contributed by atoms with Crippen molar-refractivity contribution in [3.63, 3.8) is 0 Å². The van der Waals surface area contributed by atoms with E-state index in [2.05, 4.69) is 12.2 Å². The van der Waals surface area contributed by atoms with Crippen LogP contribution in [0, 0.1) is 0 Å². The van der Waals surface area contributed by atoms with Crippen LogP contribution in [0.1, 0.15) is 18.5 Å². The SMILES string of the molecule is Br.CNC(C)c1ccc(O)cc1. The number of benzene rings is 1. The van der Waals surface area contributed by atoms with Crippen LogP contribution >= 0.6 is 17.0 Å². The maximum atomic E-state index is 8.99. The molecule has 12 heavy (non-hydrogen) atoms. The molecule has 1 aromatic rings. The molecule has 0 aliphatic rings. The molecule has 0 radical (unpaired) electrons. The summed E-state index contributed by atoms with van der Waals surface area (Å²) in [5.74, 6) is 0.317. The van der Waals surface area contributed by atoms with E-state index in [-0.39, 0.29) is 17.0 Å². The third kappa shape index (κ3) is 2.83. The molecule has 0 amide bonds. The molecule has 3 heteroatoms. The molecule has 0 saturated carbocycles. The predicted octanol–water partition coefficient (Wildman–Crippen LogP) is 2.25. The third-order valence-corrected chi connectivity index (χ3v) is 1.83. The smallest absolute Gasteiger partial charge is 0.115 e. The summed E-state index contributed by atoms with van der Waals surface area (Å²) in [4.78, 5) is 0. The van der Waals surface area contributed by atoms with Crippen molar-refractivity contribution in [3.8, 4) is 5.75 Å². The van der Waals surface area contributed by atoms with Gasteiger partial charge in [-0.2, -0.15) is 0 Å². The fourth-order valence-electron chi connectivity index (χ4n) is 0.930. The summed E-state index contributed by atoms with van der Waals surface area (Å²) in [6.07, 6.45) is 0. The van der Waals surface area contributed by atoms with Gasteiger partial charge in [-0.25, -0.2) is 0 Å². The Morgan fingerprint density at radius 2 is 1.75 bits per heavy atom. The fourth-order valence-corrected chi connectivity index (χ4v) is 0.930. The van der Waals surface area contributed by atoms with Crippen molar-refractivity contribution >= 4 is 17.0 Å². The number of rotatable bonds is 2. The summed E-state index contributed by atoms with van der Waals surface area (Å²) in [6.45, 7) is 2.08. The molecule has 0 spiro atoms. The molecular formula is C9H14BrNO. The van der Waals surface area contributed by atoms with Crippen molar-refractivity contribution in [2.75, 3.05) is 7.05 Å². The highest BCUT2D eigenvalue weighted by atomic mass is 79.9. The maximum absolute atomic E-state index is 8.99. The second kappa shape index (κ2) is 5.17. The van der Waals surface area contributed by atoms with Gasteiger partial charge in [0, 0.05) is 6.04 Å². The molecule has 1 rings (SSSR count). The number of nitrogens with one attached hydrogen (secondary N) is 1. The van der Waals surface area contributed by atoms with Crippen LogP contribution in [0.3, 0.4) is 0 Å². The van der Waals surface area contributed by atoms with E-state index >= 15 is 0 Å². The van der Waals surface area contributed by atoms with Gasteiger partial charge in [-0.3, -0.25) is 0 Å². The first-order chi connectivity index (χ1) is 5.24. The van der Waals surface area contributed by atoms with Gasteiger partial charge >= 0.3 is 0 Å². The van der Waals surface area contributed by atoms with Crippen LogP contribution < -0.4 is 5.32 Å². The van der Waals surface area contributed by atoms with Crippen LogP contribution in [0.25, 0.3) is 0 Å². The molecule has 0 heterocycles. The summed E-state index contributed by atoms with van der Waals surface area (Å²) in [5, 5.41) is 12.1. The van der Waals surface area contributed by atoms with Crippen LogP contribution in [0.4, 0.5) is 0 Å². The van der Waals surface area contributed by atoms with Gasteiger partial charge < -0.3 is 10.4 Å². The Hall–Kier alpha value is -0.540. The average molecular weight is 232 g/mol. The maximum Gasteiger partial charge on any atom is 0.115 e. The Morgan fingerprint density at radius 3 is 2.17 bits per heavy atom. The van der Waals surface area contributed by atoms with Crippen LogP contribution in [-0.2, 0) is 0 Å². The lowest BCUT2D eigenvalue weighted by molar-refractivity contribution is 0.474. The first-order valence-electron chi connectivity index (χ1n) is 3.70. The summed E-state index contributed by atoms with van der Waals surface area (Å²) < 4.78 is 0. The number of halogens is 1. The molecule has 0 aliphatic carbocycles. The first kappa shape index (κ1) is 11.5. The lowest BCUT2D eigenvalue weighted by Crippen LogP contribution is -2.11. The minimum absolute atomic E-state index is 0. The fraction of sp³-hybridized carbons (Fsp3) is 0.333. The Balaban J connectivity index is 0.00000121. The van der Waals surface area contributed by atoms with E-state index in [0.29, 0.717) is 11.8 Å². The van der Waals surface area contributed by atoms with E-state index in [0.717, 1.165) is 0 Å². The molecule has 0 bridgehead atoms. The lowest BCUT2D eigenvalue weighted by atomic mass is 10.1. The second-order valence-corrected chi connectivity index (χ2v) is 2.60. The van der Waals surface area contributed by atoms with Crippen LogP contribution in [0.2, 0.25) is 0 Å². The van der Waals surface area contributed by atoms with Crippen molar-refractivity contribution in [2.45, 2.75) is 13.0 Å². The van der Waals surface area contributed by atoms with Crippen molar-refractivity contribution < 1.29 is 5.11 Å². The van der Waals surface area contributed by atoms with Gasteiger partial charge in [0.05, 0.1) is 0 Å². The Morgan fingerprint density at radius 1 is 1.25 bits per heavy atom. The van der Waals surface area contributed by atoms with E-state index in [4.69, 9.17) is 5.11 Å².